The zero-order chi connectivity index (χ0) is 15.4. The largest absolute Gasteiger partial charge is 0.397 e. The summed E-state index contributed by atoms with van der Waals surface area (Å²) in [5.74, 6) is 0.621. The quantitative estimate of drug-likeness (QED) is 0.778. The summed E-state index contributed by atoms with van der Waals surface area (Å²) in [4.78, 5) is 12.4. The molecule has 1 aliphatic carbocycles. The predicted octanol–water partition coefficient (Wildman–Crippen LogP) is 2.18. The maximum atomic E-state index is 12.4. The fraction of sp³-hybridized carbons (Fsp3) is 0.688. The summed E-state index contributed by atoms with van der Waals surface area (Å²) in [5.41, 5.74) is 7.02. The number of carbonyl (C=O) groups is 1. The molecule has 21 heavy (non-hydrogen) atoms. The van der Waals surface area contributed by atoms with Gasteiger partial charge < -0.3 is 20.7 Å². The van der Waals surface area contributed by atoms with Crippen LogP contribution in [0.1, 0.15) is 56.1 Å². The molecule has 5 heteroatoms. The average molecular weight is 293 g/mol. The number of aromatic nitrogens is 1. The first-order valence-corrected chi connectivity index (χ1v) is 7.89. The van der Waals surface area contributed by atoms with Crippen LogP contribution < -0.4 is 11.1 Å². The van der Waals surface area contributed by atoms with Crippen molar-refractivity contribution >= 4 is 11.6 Å². The fourth-order valence-electron chi connectivity index (χ4n) is 3.22. The summed E-state index contributed by atoms with van der Waals surface area (Å²) in [6, 6.07) is 1.92. The highest BCUT2D eigenvalue weighted by Gasteiger charge is 2.25. The van der Waals surface area contributed by atoms with Crippen molar-refractivity contribution in [2.45, 2.75) is 45.6 Å². The van der Waals surface area contributed by atoms with Crippen LogP contribution in [0.2, 0.25) is 0 Å². The van der Waals surface area contributed by atoms with Gasteiger partial charge in [-0.2, -0.15) is 0 Å². The van der Waals surface area contributed by atoms with Crippen molar-refractivity contribution in [3.8, 4) is 0 Å². The van der Waals surface area contributed by atoms with Crippen molar-refractivity contribution < 1.29 is 9.90 Å². The summed E-state index contributed by atoms with van der Waals surface area (Å²) in [5, 5.41) is 12.4. The molecule has 2 unspecified atom stereocenters. The molecule has 118 valence electrons. The number of nitrogens with two attached hydrogens (primary N) is 1. The lowest BCUT2D eigenvalue weighted by Gasteiger charge is -2.30. The van der Waals surface area contributed by atoms with Crippen molar-refractivity contribution in [3.63, 3.8) is 0 Å². The number of nitrogens with one attached hydrogen (secondary N) is 1. The summed E-state index contributed by atoms with van der Waals surface area (Å²) in [6.07, 6.45) is 6.32. The molecule has 0 aliphatic heterocycles. The Kier molecular flexibility index (Phi) is 5.28. The van der Waals surface area contributed by atoms with E-state index in [0.29, 0.717) is 29.8 Å². The first kappa shape index (κ1) is 15.9. The van der Waals surface area contributed by atoms with Gasteiger partial charge in [-0.3, -0.25) is 4.79 Å². The van der Waals surface area contributed by atoms with Crippen molar-refractivity contribution in [2.24, 2.45) is 11.8 Å². The van der Waals surface area contributed by atoms with Gasteiger partial charge in [0.15, 0.2) is 0 Å². The standard InChI is InChI=1S/C16H27N3O2/c1-11(2)19-9-14(17)7-15(19)16(21)18-8-12-5-3-4-6-13(12)10-20/h7,9,11-13,20H,3-6,8,10,17H2,1-2H3,(H,18,21). The minimum absolute atomic E-state index is 0.0809. The molecule has 1 amide bonds. The lowest BCUT2D eigenvalue weighted by Crippen LogP contribution is -2.36. The van der Waals surface area contributed by atoms with Crippen LogP contribution in [0.5, 0.6) is 0 Å². The van der Waals surface area contributed by atoms with E-state index in [2.05, 4.69) is 5.32 Å². The topological polar surface area (TPSA) is 80.3 Å². The Hall–Kier alpha value is -1.49. The van der Waals surface area contributed by atoms with Gasteiger partial charge in [0.2, 0.25) is 0 Å². The molecule has 0 radical (unpaired) electrons. The third-order valence-corrected chi connectivity index (χ3v) is 4.48. The second kappa shape index (κ2) is 6.98. The SMILES string of the molecule is CC(C)n1cc(N)cc1C(=O)NCC1CCCCC1CO. The molecule has 1 heterocycles. The highest BCUT2D eigenvalue weighted by Crippen LogP contribution is 2.29. The maximum Gasteiger partial charge on any atom is 0.268 e. The van der Waals surface area contributed by atoms with Crippen molar-refractivity contribution in [2.75, 3.05) is 18.9 Å². The van der Waals surface area contributed by atoms with Gasteiger partial charge in [0.05, 0.1) is 5.69 Å². The van der Waals surface area contributed by atoms with Crippen LogP contribution in [0.3, 0.4) is 0 Å². The molecule has 0 aromatic carbocycles. The minimum Gasteiger partial charge on any atom is -0.397 e. The van der Waals surface area contributed by atoms with Crippen LogP contribution in [0.15, 0.2) is 12.3 Å². The highest BCUT2D eigenvalue weighted by molar-refractivity contribution is 5.93. The molecular formula is C16H27N3O2. The average Bonchev–Trinajstić information content (AvgIpc) is 2.87. The van der Waals surface area contributed by atoms with E-state index >= 15 is 0 Å². The van der Waals surface area contributed by atoms with Crippen molar-refractivity contribution in [1.82, 2.24) is 9.88 Å². The molecule has 5 nitrogen and oxygen atoms in total. The Morgan fingerprint density at radius 1 is 1.43 bits per heavy atom. The van der Waals surface area contributed by atoms with E-state index in [0.717, 1.165) is 12.8 Å². The first-order valence-electron chi connectivity index (χ1n) is 7.89. The molecule has 0 saturated heterocycles. The molecule has 2 atom stereocenters. The number of rotatable bonds is 5. The van der Waals surface area contributed by atoms with Crippen LogP contribution in [0.4, 0.5) is 5.69 Å². The van der Waals surface area contributed by atoms with Crippen LogP contribution >= 0.6 is 0 Å². The van der Waals surface area contributed by atoms with Crippen LogP contribution in [0, 0.1) is 11.8 Å². The van der Waals surface area contributed by atoms with Crippen LogP contribution in [-0.4, -0.2) is 28.7 Å². The number of nitrogen functional groups attached to an aromatic ring is 1. The van der Waals surface area contributed by atoms with E-state index < -0.39 is 0 Å². The van der Waals surface area contributed by atoms with Gasteiger partial charge in [-0.15, -0.1) is 0 Å². The Balaban J connectivity index is 1.98. The Morgan fingerprint density at radius 2 is 2.10 bits per heavy atom. The molecule has 1 saturated carbocycles. The number of carbonyl (C=O) groups excluding carboxylic acids is 1. The van der Waals surface area contributed by atoms with Gasteiger partial charge in [-0.05, 0) is 44.6 Å². The predicted molar refractivity (Wildman–Crippen MR) is 84.1 cm³/mol. The number of hydrogen-bond acceptors (Lipinski definition) is 3. The van der Waals surface area contributed by atoms with Gasteiger partial charge in [0.25, 0.3) is 5.91 Å². The zero-order valence-electron chi connectivity index (χ0n) is 13.0. The molecule has 1 aromatic heterocycles. The number of amides is 1. The van der Waals surface area contributed by atoms with Crippen LogP contribution in [0.25, 0.3) is 0 Å². The number of nitrogens with zero attached hydrogens (tertiary/aromatic N) is 1. The van der Waals surface area contributed by atoms with E-state index in [4.69, 9.17) is 5.73 Å². The van der Waals surface area contributed by atoms with Crippen molar-refractivity contribution in [1.29, 1.82) is 0 Å². The normalized spacial score (nSPS) is 22.5. The third kappa shape index (κ3) is 3.79. The van der Waals surface area contributed by atoms with Gasteiger partial charge in [0.1, 0.15) is 5.69 Å². The summed E-state index contributed by atoms with van der Waals surface area (Å²) >= 11 is 0. The number of anilines is 1. The van der Waals surface area contributed by atoms with Gasteiger partial charge >= 0.3 is 0 Å². The van der Waals surface area contributed by atoms with E-state index in [1.165, 1.54) is 12.8 Å². The first-order chi connectivity index (χ1) is 10.0. The summed E-state index contributed by atoms with van der Waals surface area (Å²) < 4.78 is 1.90. The number of hydrogen-bond donors (Lipinski definition) is 3. The van der Waals surface area contributed by atoms with Crippen molar-refractivity contribution in [3.05, 3.63) is 18.0 Å². The van der Waals surface area contributed by atoms with Crippen LogP contribution in [-0.2, 0) is 0 Å². The Morgan fingerprint density at radius 3 is 2.71 bits per heavy atom. The van der Waals surface area contributed by atoms with Gasteiger partial charge in [0, 0.05) is 25.4 Å². The maximum absolute atomic E-state index is 12.4. The molecule has 1 fully saturated rings. The lowest BCUT2D eigenvalue weighted by molar-refractivity contribution is 0.0899. The van der Waals surface area contributed by atoms with Gasteiger partial charge in [-0.25, -0.2) is 0 Å². The fourth-order valence-corrected chi connectivity index (χ4v) is 3.22. The number of aliphatic hydroxyl groups is 1. The Bertz CT molecular complexity index is 482. The summed E-state index contributed by atoms with van der Waals surface area (Å²) in [6.45, 7) is 4.90. The van der Waals surface area contributed by atoms with E-state index in [-0.39, 0.29) is 18.6 Å². The molecular weight excluding hydrogens is 266 g/mol. The molecule has 0 bridgehead atoms. The van der Waals surface area contributed by atoms with E-state index in [1.54, 1.807) is 12.3 Å². The Labute approximate surface area is 126 Å². The summed E-state index contributed by atoms with van der Waals surface area (Å²) in [7, 11) is 0. The van der Waals surface area contributed by atoms with E-state index in [1.807, 2.05) is 18.4 Å². The highest BCUT2D eigenvalue weighted by atomic mass is 16.3. The van der Waals surface area contributed by atoms with E-state index in [9.17, 15) is 9.90 Å². The molecule has 4 N–H and O–H groups in total. The molecule has 1 aliphatic rings. The monoisotopic (exact) mass is 293 g/mol. The smallest absolute Gasteiger partial charge is 0.268 e. The molecule has 1 aromatic rings. The molecule has 0 spiro atoms. The second-order valence-corrected chi connectivity index (χ2v) is 6.36. The zero-order valence-corrected chi connectivity index (χ0v) is 13.0. The second-order valence-electron chi connectivity index (χ2n) is 6.36. The number of aliphatic hydroxyl groups excluding tert-OH is 1. The van der Waals surface area contributed by atoms with Gasteiger partial charge in [-0.1, -0.05) is 12.8 Å². The lowest BCUT2D eigenvalue weighted by atomic mass is 9.79. The third-order valence-electron chi connectivity index (χ3n) is 4.48. The molecule has 2 rings (SSSR count). The minimum atomic E-state index is -0.0809.